The molecule has 16 nitrogen and oxygen atoms in total. The first kappa shape index (κ1) is 32.8. The molecule has 6 N–H and O–H groups in total. The Kier molecular flexibility index (Phi) is 9.97. The molecule has 45 heavy (non-hydrogen) atoms. The van der Waals surface area contributed by atoms with Crippen molar-refractivity contribution in [3.05, 3.63) is 56.6 Å². The number of carboxylic acid groups (broad SMARTS) is 2. The summed E-state index contributed by atoms with van der Waals surface area (Å²) in [6.45, 7) is 5.31. The Morgan fingerprint density at radius 3 is 2.36 bits per heavy atom. The van der Waals surface area contributed by atoms with E-state index >= 15 is 0 Å². The number of carboxylic acids is 2. The Morgan fingerprint density at radius 1 is 1.07 bits per heavy atom. The highest BCUT2D eigenvalue weighted by Crippen LogP contribution is 2.23. The summed E-state index contributed by atoms with van der Waals surface area (Å²) in [6.07, 6.45) is -2.65. The molecule has 0 radical (unpaired) electrons. The second-order valence-electron chi connectivity index (χ2n) is 10.5. The quantitative estimate of drug-likeness (QED) is 0.156. The van der Waals surface area contributed by atoms with E-state index in [1.54, 1.807) is 18.5 Å². The van der Waals surface area contributed by atoms with Crippen molar-refractivity contribution in [2.45, 2.75) is 58.0 Å². The van der Waals surface area contributed by atoms with Gasteiger partial charge in [-0.1, -0.05) is 24.1 Å². The maximum absolute atomic E-state index is 13.7. The highest BCUT2D eigenvalue weighted by molar-refractivity contribution is 5.83. The second kappa shape index (κ2) is 13.7. The number of aliphatic hydroxyl groups is 2. The molecule has 3 atom stereocenters. The van der Waals surface area contributed by atoms with Crippen LogP contribution in [0.4, 0.5) is 5.95 Å². The Labute approximate surface area is 256 Å². The van der Waals surface area contributed by atoms with Crippen molar-refractivity contribution in [1.82, 2.24) is 28.7 Å². The number of aromatic nitrogens is 6. The topological polar surface area (TPSA) is 232 Å². The van der Waals surface area contributed by atoms with Crippen molar-refractivity contribution < 1.29 is 30.0 Å². The molecule has 0 bridgehead atoms. The number of aliphatic hydroxyl groups excluding tert-OH is 2. The molecule has 5 rings (SSSR count). The van der Waals surface area contributed by atoms with E-state index in [1.165, 1.54) is 9.13 Å². The summed E-state index contributed by atoms with van der Waals surface area (Å²) in [5.74, 6) is 3.42. The van der Waals surface area contributed by atoms with Crippen molar-refractivity contribution in [2.24, 2.45) is 12.8 Å². The molecule has 16 heteroatoms. The van der Waals surface area contributed by atoms with Crippen molar-refractivity contribution in [3.63, 3.8) is 0 Å². The van der Waals surface area contributed by atoms with Crippen LogP contribution in [0.5, 0.6) is 0 Å². The molecule has 1 fully saturated rings. The molecule has 0 saturated carbocycles. The molecule has 3 aromatic heterocycles. The molecule has 0 spiro atoms. The van der Waals surface area contributed by atoms with Crippen LogP contribution >= 0.6 is 0 Å². The summed E-state index contributed by atoms with van der Waals surface area (Å²) >= 11 is 0. The SMILES string of the molecule is CC#CCn1c(N2CCC[C@@H](N)C2)nc2c1c(=O)n(Cc1nc(C)c3ccccc3n1)c(=O)n2C.O=C(O)C(O)C(O)C(=O)O. The van der Waals surface area contributed by atoms with E-state index in [9.17, 15) is 19.2 Å². The third kappa shape index (κ3) is 6.85. The van der Waals surface area contributed by atoms with Crippen LogP contribution < -0.4 is 21.9 Å². The fourth-order valence-corrected chi connectivity index (χ4v) is 5.02. The first-order chi connectivity index (χ1) is 21.3. The summed E-state index contributed by atoms with van der Waals surface area (Å²) in [5.41, 5.74) is 7.54. The van der Waals surface area contributed by atoms with Crippen molar-refractivity contribution in [3.8, 4) is 11.8 Å². The first-order valence-corrected chi connectivity index (χ1v) is 14.0. The fourth-order valence-electron chi connectivity index (χ4n) is 5.02. The van der Waals surface area contributed by atoms with Gasteiger partial charge in [-0.05, 0) is 32.8 Å². The predicted octanol–water partition coefficient (Wildman–Crippen LogP) is -0.975. The molecule has 1 aliphatic rings. The molecule has 238 valence electrons. The zero-order chi connectivity index (χ0) is 33.0. The van der Waals surface area contributed by atoms with Gasteiger partial charge in [-0.3, -0.25) is 18.5 Å². The minimum atomic E-state index is -2.27. The normalized spacial score (nSPS) is 16.0. The first-order valence-electron chi connectivity index (χ1n) is 14.0. The molecule has 4 aromatic rings. The molecular formula is C29H34N8O8. The van der Waals surface area contributed by atoms with Crippen molar-refractivity contribution in [1.29, 1.82) is 0 Å². The number of anilines is 1. The van der Waals surface area contributed by atoms with Gasteiger partial charge in [0.15, 0.2) is 23.4 Å². The standard InChI is InChI=1S/C25H28N8O2.C4H6O6/c1-4-5-13-32-21-22(29-24(32)31-12-8-9-17(26)14-31)30(3)25(35)33(23(21)34)15-20-27-16(2)18-10-6-7-11-19(18)28-20;5-1(3(7)8)2(6)4(9)10/h6-7,10-11,17H,8-9,12-15,26H2,1-3H3;1-2,5-6H,(H,7,8)(H,9,10)/t17-;/m1./s1. The number of rotatable bonds is 7. The zero-order valence-corrected chi connectivity index (χ0v) is 24.9. The number of nitrogens with zero attached hydrogens (tertiary/aromatic N) is 7. The highest BCUT2D eigenvalue weighted by atomic mass is 16.4. The van der Waals surface area contributed by atoms with Gasteiger partial charge in [-0.2, -0.15) is 4.98 Å². The zero-order valence-electron chi connectivity index (χ0n) is 24.9. The Bertz CT molecular complexity index is 1920. The predicted molar refractivity (Wildman–Crippen MR) is 163 cm³/mol. The molecule has 4 heterocycles. The summed E-state index contributed by atoms with van der Waals surface area (Å²) < 4.78 is 4.39. The minimum Gasteiger partial charge on any atom is -0.479 e. The van der Waals surface area contributed by atoms with Gasteiger partial charge >= 0.3 is 17.6 Å². The third-order valence-corrected chi connectivity index (χ3v) is 7.31. The lowest BCUT2D eigenvalue weighted by Gasteiger charge is -2.31. The molecule has 0 amide bonds. The van der Waals surface area contributed by atoms with Gasteiger partial charge in [0.2, 0.25) is 5.95 Å². The van der Waals surface area contributed by atoms with E-state index in [0.717, 1.165) is 36.0 Å². The van der Waals surface area contributed by atoms with Crippen LogP contribution in [0.3, 0.4) is 0 Å². The third-order valence-electron chi connectivity index (χ3n) is 7.31. The Morgan fingerprint density at radius 2 is 1.73 bits per heavy atom. The van der Waals surface area contributed by atoms with Gasteiger partial charge in [-0.25, -0.2) is 24.4 Å². The summed E-state index contributed by atoms with van der Waals surface area (Å²) in [5, 5.41) is 33.5. The number of nitrogens with two attached hydrogens (primary N) is 1. The van der Waals surface area contributed by atoms with Crippen LogP contribution in [0.15, 0.2) is 33.9 Å². The van der Waals surface area contributed by atoms with Crippen LogP contribution in [0.2, 0.25) is 0 Å². The molecule has 2 unspecified atom stereocenters. The van der Waals surface area contributed by atoms with Gasteiger partial charge in [0, 0.05) is 37.3 Å². The molecular weight excluding hydrogens is 588 g/mol. The number of hydrogen-bond acceptors (Lipinski definition) is 11. The molecule has 1 saturated heterocycles. The average Bonchev–Trinajstić information content (AvgIpc) is 3.40. The number of aryl methyl sites for hydroxylation is 2. The lowest BCUT2D eigenvalue weighted by molar-refractivity contribution is -0.165. The monoisotopic (exact) mass is 622 g/mol. The number of carbonyl (C=O) groups is 2. The van der Waals surface area contributed by atoms with Gasteiger partial charge in [0.1, 0.15) is 5.82 Å². The van der Waals surface area contributed by atoms with Gasteiger partial charge < -0.3 is 31.1 Å². The van der Waals surface area contributed by atoms with Crippen LogP contribution in [0, 0.1) is 18.8 Å². The lowest BCUT2D eigenvalue weighted by atomic mass is 10.1. The van der Waals surface area contributed by atoms with Crippen LogP contribution in [0.25, 0.3) is 22.1 Å². The van der Waals surface area contributed by atoms with Gasteiger partial charge in [-0.15, -0.1) is 5.92 Å². The highest BCUT2D eigenvalue weighted by Gasteiger charge is 2.29. The Hall–Kier alpha value is -5.11. The van der Waals surface area contributed by atoms with Crippen molar-refractivity contribution in [2.75, 3.05) is 18.0 Å². The molecule has 1 aliphatic heterocycles. The maximum Gasteiger partial charge on any atom is 0.335 e. The lowest BCUT2D eigenvalue weighted by Crippen LogP contribution is -2.44. The number of piperidine rings is 1. The number of para-hydroxylation sites is 1. The van der Waals surface area contributed by atoms with Gasteiger partial charge in [0.05, 0.1) is 18.6 Å². The second-order valence-corrected chi connectivity index (χ2v) is 10.5. The van der Waals surface area contributed by atoms with Gasteiger partial charge in [0.25, 0.3) is 5.56 Å². The van der Waals surface area contributed by atoms with E-state index < -0.39 is 35.4 Å². The van der Waals surface area contributed by atoms with E-state index in [2.05, 4.69) is 26.7 Å². The van der Waals surface area contributed by atoms with Crippen molar-refractivity contribution >= 4 is 40.0 Å². The summed E-state index contributed by atoms with van der Waals surface area (Å²) in [4.78, 5) is 62.5. The van der Waals surface area contributed by atoms with E-state index in [0.29, 0.717) is 29.5 Å². The Balaban J connectivity index is 0.000000399. The number of fused-ring (bicyclic) bond motifs is 2. The number of aliphatic carboxylic acids is 2. The minimum absolute atomic E-state index is 0.0306. The van der Waals surface area contributed by atoms with Crippen LogP contribution in [-0.4, -0.2) is 92.4 Å². The number of benzene rings is 1. The smallest absolute Gasteiger partial charge is 0.335 e. The van der Waals surface area contributed by atoms with E-state index in [1.807, 2.05) is 31.2 Å². The number of imidazole rings is 1. The molecule has 0 aliphatic carbocycles. The largest absolute Gasteiger partial charge is 0.479 e. The maximum atomic E-state index is 13.7. The fraction of sp³-hybridized carbons (Fsp3) is 0.414. The van der Waals surface area contributed by atoms with Crippen LogP contribution in [0.1, 0.15) is 31.3 Å². The van der Waals surface area contributed by atoms with E-state index in [4.69, 9.17) is 31.1 Å². The average molecular weight is 623 g/mol. The van der Waals surface area contributed by atoms with E-state index in [-0.39, 0.29) is 19.1 Å². The summed E-state index contributed by atoms with van der Waals surface area (Å²) in [7, 11) is 1.63. The van der Waals surface area contributed by atoms with Crippen LogP contribution in [-0.2, 0) is 29.7 Å². The summed E-state index contributed by atoms with van der Waals surface area (Å²) in [6, 6.07) is 7.71. The molecule has 1 aromatic carbocycles. The number of hydrogen-bond donors (Lipinski definition) is 5.